The Morgan fingerprint density at radius 1 is 1.19 bits per heavy atom. The van der Waals surface area contributed by atoms with E-state index in [9.17, 15) is 8.42 Å². The first-order valence-electron chi connectivity index (χ1n) is 7.88. The number of rotatable bonds is 6. The molecule has 0 unspecified atom stereocenters. The molecule has 0 heterocycles. The summed E-state index contributed by atoms with van der Waals surface area (Å²) < 4.78 is 24.7. The zero-order valence-corrected chi connectivity index (χ0v) is 13.6. The highest BCUT2D eigenvalue weighted by atomic mass is 32.2. The molecule has 1 aromatic carbocycles. The number of benzene rings is 1. The molecule has 0 saturated heterocycles. The van der Waals surface area contributed by atoms with Crippen LogP contribution in [0.25, 0.3) is 0 Å². The third-order valence-corrected chi connectivity index (χ3v) is 6.05. The van der Waals surface area contributed by atoms with Gasteiger partial charge in [0.15, 0.2) is 9.84 Å². The van der Waals surface area contributed by atoms with Crippen molar-refractivity contribution in [1.29, 1.82) is 0 Å². The number of nitrogens with zero attached hydrogens (tertiary/aromatic N) is 1. The molecule has 0 spiro atoms. The number of hydrogen-bond acceptors (Lipinski definition) is 4. The zero-order valence-electron chi connectivity index (χ0n) is 12.8. The van der Waals surface area contributed by atoms with Gasteiger partial charge in [-0.2, -0.15) is 0 Å². The molecular weight excluding hydrogens is 284 g/mol. The molecule has 118 valence electrons. The van der Waals surface area contributed by atoms with E-state index in [4.69, 9.17) is 5.73 Å². The van der Waals surface area contributed by atoms with Crippen LogP contribution in [0.1, 0.15) is 39.0 Å². The monoisotopic (exact) mass is 310 g/mol. The summed E-state index contributed by atoms with van der Waals surface area (Å²) in [5.41, 5.74) is 6.60. The van der Waals surface area contributed by atoms with Gasteiger partial charge in [0.25, 0.3) is 0 Å². The molecule has 0 amide bonds. The predicted molar refractivity (Wildman–Crippen MR) is 87.4 cm³/mol. The number of hydrogen-bond donors (Lipinski definition) is 1. The summed E-state index contributed by atoms with van der Waals surface area (Å²) >= 11 is 0. The summed E-state index contributed by atoms with van der Waals surface area (Å²) in [6.07, 6.45) is 5.96. The van der Waals surface area contributed by atoms with Gasteiger partial charge in [-0.05, 0) is 25.0 Å². The van der Waals surface area contributed by atoms with Crippen LogP contribution >= 0.6 is 0 Å². The quantitative estimate of drug-likeness (QED) is 0.877. The fourth-order valence-electron chi connectivity index (χ4n) is 3.14. The summed E-state index contributed by atoms with van der Waals surface area (Å²) in [6.45, 7) is 2.94. The third-order valence-electron chi connectivity index (χ3n) is 4.28. The van der Waals surface area contributed by atoms with Crippen molar-refractivity contribution in [3.63, 3.8) is 0 Å². The van der Waals surface area contributed by atoms with E-state index < -0.39 is 9.84 Å². The van der Waals surface area contributed by atoms with E-state index in [1.807, 2.05) is 12.1 Å². The average molecular weight is 310 g/mol. The zero-order chi connectivity index (χ0) is 15.3. The number of anilines is 1. The second kappa shape index (κ2) is 7.27. The summed E-state index contributed by atoms with van der Waals surface area (Å²) in [5.74, 6) is 0.130. The molecular formula is C16H26N2O2S. The molecule has 5 heteroatoms. The van der Waals surface area contributed by atoms with Crippen molar-refractivity contribution < 1.29 is 8.42 Å². The highest BCUT2D eigenvalue weighted by molar-refractivity contribution is 7.91. The van der Waals surface area contributed by atoms with Gasteiger partial charge in [0.05, 0.1) is 16.3 Å². The maximum atomic E-state index is 12.4. The Kier molecular flexibility index (Phi) is 5.65. The van der Waals surface area contributed by atoms with Crippen LogP contribution in [-0.2, 0) is 9.84 Å². The van der Waals surface area contributed by atoms with E-state index in [-0.39, 0.29) is 5.75 Å². The Morgan fingerprint density at radius 3 is 2.48 bits per heavy atom. The SMILES string of the molecule is CCS(=O)(=O)c1ccccc1N(CCN)C1CCCCC1. The van der Waals surface area contributed by atoms with E-state index in [2.05, 4.69) is 4.90 Å². The van der Waals surface area contributed by atoms with Gasteiger partial charge in [-0.15, -0.1) is 0 Å². The summed E-state index contributed by atoms with van der Waals surface area (Å²) in [6, 6.07) is 7.77. The fraction of sp³-hybridized carbons (Fsp3) is 0.625. The van der Waals surface area contributed by atoms with Crippen LogP contribution < -0.4 is 10.6 Å². The first kappa shape index (κ1) is 16.3. The number of para-hydroxylation sites is 1. The molecule has 1 aromatic rings. The smallest absolute Gasteiger partial charge is 0.180 e. The average Bonchev–Trinajstić information content (AvgIpc) is 2.53. The van der Waals surface area contributed by atoms with Crippen molar-refractivity contribution in [3.05, 3.63) is 24.3 Å². The minimum absolute atomic E-state index is 0.130. The summed E-state index contributed by atoms with van der Waals surface area (Å²) in [7, 11) is -3.21. The van der Waals surface area contributed by atoms with E-state index in [1.54, 1.807) is 19.1 Å². The van der Waals surface area contributed by atoms with Gasteiger partial charge in [0.2, 0.25) is 0 Å². The van der Waals surface area contributed by atoms with Crippen molar-refractivity contribution >= 4 is 15.5 Å². The van der Waals surface area contributed by atoms with Crippen molar-refractivity contribution in [2.75, 3.05) is 23.7 Å². The molecule has 0 bridgehead atoms. The molecule has 2 N–H and O–H groups in total. The Balaban J connectivity index is 2.40. The highest BCUT2D eigenvalue weighted by Gasteiger charge is 2.26. The molecule has 0 atom stereocenters. The maximum absolute atomic E-state index is 12.4. The standard InChI is InChI=1S/C16H26N2O2S/c1-2-21(19,20)16-11-7-6-10-15(16)18(13-12-17)14-8-4-3-5-9-14/h6-7,10-11,14H,2-5,8-9,12-13,17H2,1H3. The van der Waals surface area contributed by atoms with Gasteiger partial charge in [0.1, 0.15) is 0 Å². The molecule has 0 radical (unpaired) electrons. The van der Waals surface area contributed by atoms with E-state index in [0.29, 0.717) is 24.0 Å². The Morgan fingerprint density at radius 2 is 1.86 bits per heavy atom. The van der Waals surface area contributed by atoms with Crippen molar-refractivity contribution in [3.8, 4) is 0 Å². The lowest BCUT2D eigenvalue weighted by atomic mass is 9.93. The summed E-state index contributed by atoms with van der Waals surface area (Å²) in [5, 5.41) is 0. The molecule has 1 aliphatic rings. The molecule has 0 aliphatic heterocycles. The number of sulfone groups is 1. The van der Waals surface area contributed by atoms with Crippen LogP contribution in [0.2, 0.25) is 0 Å². The highest BCUT2D eigenvalue weighted by Crippen LogP contribution is 2.32. The molecule has 2 rings (SSSR count). The number of nitrogens with two attached hydrogens (primary N) is 1. The lowest BCUT2D eigenvalue weighted by Crippen LogP contribution is -2.40. The molecule has 1 saturated carbocycles. The van der Waals surface area contributed by atoms with Crippen LogP contribution in [0.3, 0.4) is 0 Å². The molecule has 0 aromatic heterocycles. The first-order valence-corrected chi connectivity index (χ1v) is 9.54. The minimum atomic E-state index is -3.21. The van der Waals surface area contributed by atoms with Gasteiger partial charge < -0.3 is 10.6 Å². The van der Waals surface area contributed by atoms with Crippen molar-refractivity contribution in [2.24, 2.45) is 5.73 Å². The Labute approximate surface area is 128 Å². The predicted octanol–water partition coefficient (Wildman–Crippen LogP) is 2.58. The van der Waals surface area contributed by atoms with Crippen LogP contribution in [0.15, 0.2) is 29.2 Å². The van der Waals surface area contributed by atoms with Crippen LogP contribution in [0, 0.1) is 0 Å². The van der Waals surface area contributed by atoms with Crippen molar-refractivity contribution in [2.45, 2.75) is 50.0 Å². The van der Waals surface area contributed by atoms with E-state index >= 15 is 0 Å². The Bertz CT molecular complexity index is 551. The summed E-state index contributed by atoms with van der Waals surface area (Å²) in [4.78, 5) is 2.67. The van der Waals surface area contributed by atoms with Gasteiger partial charge in [-0.1, -0.05) is 38.3 Å². The second-order valence-electron chi connectivity index (χ2n) is 5.65. The maximum Gasteiger partial charge on any atom is 0.180 e. The Hall–Kier alpha value is -1.07. The van der Waals surface area contributed by atoms with Gasteiger partial charge >= 0.3 is 0 Å². The van der Waals surface area contributed by atoms with Gasteiger partial charge in [0, 0.05) is 19.1 Å². The largest absolute Gasteiger partial charge is 0.366 e. The van der Waals surface area contributed by atoms with Gasteiger partial charge in [-0.25, -0.2) is 8.42 Å². The molecule has 21 heavy (non-hydrogen) atoms. The van der Waals surface area contributed by atoms with E-state index in [0.717, 1.165) is 18.5 Å². The second-order valence-corrected chi connectivity index (χ2v) is 7.89. The van der Waals surface area contributed by atoms with Gasteiger partial charge in [-0.3, -0.25) is 0 Å². The van der Waals surface area contributed by atoms with Crippen LogP contribution in [0.5, 0.6) is 0 Å². The third kappa shape index (κ3) is 3.77. The first-order chi connectivity index (χ1) is 10.1. The van der Waals surface area contributed by atoms with Crippen molar-refractivity contribution in [1.82, 2.24) is 0 Å². The van der Waals surface area contributed by atoms with Crippen LogP contribution in [0.4, 0.5) is 5.69 Å². The topological polar surface area (TPSA) is 63.4 Å². The lowest BCUT2D eigenvalue weighted by Gasteiger charge is -2.37. The van der Waals surface area contributed by atoms with Crippen LogP contribution in [-0.4, -0.2) is 33.3 Å². The minimum Gasteiger partial charge on any atom is -0.366 e. The molecule has 1 fully saturated rings. The lowest BCUT2D eigenvalue weighted by molar-refractivity contribution is 0.414. The molecule has 4 nitrogen and oxygen atoms in total. The molecule has 1 aliphatic carbocycles. The normalized spacial score (nSPS) is 16.9. The van der Waals surface area contributed by atoms with E-state index in [1.165, 1.54) is 19.3 Å². The fourth-order valence-corrected chi connectivity index (χ4v) is 4.25.